The standard InChI is InChI=1S/C11H17NO9/c13-2-5-8(16)9-7(12-6(15)3-14)4(20-5)1-11(19,21-9)10(17)18/h4-5,7-9,13-14,16,19H,1-3H2,(H,12,15)(H,17,18)/t4-,5+,7+,8+,9+,11?/m0/s1. The van der Waals surface area contributed by atoms with Crippen molar-refractivity contribution in [3.63, 3.8) is 0 Å². The van der Waals surface area contributed by atoms with E-state index < -0.39 is 67.8 Å². The van der Waals surface area contributed by atoms with Gasteiger partial charge >= 0.3 is 5.97 Å². The van der Waals surface area contributed by atoms with Gasteiger partial charge in [-0.25, -0.2) is 4.79 Å². The number of carbonyl (C=O) groups excluding carboxylic acids is 1. The average Bonchev–Trinajstić information content (AvgIpc) is 2.44. The highest BCUT2D eigenvalue weighted by Gasteiger charge is 2.58. The van der Waals surface area contributed by atoms with Crippen LogP contribution in [0.25, 0.3) is 0 Å². The summed E-state index contributed by atoms with van der Waals surface area (Å²) in [5, 5.41) is 49.1. The smallest absolute Gasteiger partial charge is 0.364 e. The van der Waals surface area contributed by atoms with Crippen LogP contribution >= 0.6 is 0 Å². The van der Waals surface area contributed by atoms with Crippen LogP contribution in [0.3, 0.4) is 0 Å². The molecule has 2 heterocycles. The molecular formula is C11H17NO9. The zero-order chi connectivity index (χ0) is 15.8. The molecule has 2 saturated heterocycles. The van der Waals surface area contributed by atoms with Crippen molar-refractivity contribution in [2.45, 2.75) is 42.7 Å². The summed E-state index contributed by atoms with van der Waals surface area (Å²) < 4.78 is 10.3. The number of hydrogen-bond donors (Lipinski definition) is 6. The molecule has 0 spiro atoms. The van der Waals surface area contributed by atoms with E-state index in [2.05, 4.69) is 5.32 Å². The molecule has 2 bridgehead atoms. The molecule has 1 amide bonds. The van der Waals surface area contributed by atoms with E-state index in [0.29, 0.717) is 0 Å². The Morgan fingerprint density at radius 3 is 2.52 bits per heavy atom. The highest BCUT2D eigenvalue weighted by molar-refractivity contribution is 5.78. The normalized spacial score (nSPS) is 42.4. The number of carbonyl (C=O) groups is 2. The summed E-state index contributed by atoms with van der Waals surface area (Å²) >= 11 is 0. The molecule has 0 aromatic rings. The van der Waals surface area contributed by atoms with E-state index in [4.69, 9.17) is 24.8 Å². The number of carboxylic acids is 1. The van der Waals surface area contributed by atoms with E-state index >= 15 is 0 Å². The van der Waals surface area contributed by atoms with Crippen LogP contribution in [0.2, 0.25) is 0 Å². The fourth-order valence-electron chi connectivity index (χ4n) is 2.58. The van der Waals surface area contributed by atoms with Gasteiger partial charge < -0.3 is 40.3 Å². The molecule has 0 radical (unpaired) electrons. The highest BCUT2D eigenvalue weighted by atomic mass is 16.7. The van der Waals surface area contributed by atoms with Gasteiger partial charge in [-0.2, -0.15) is 0 Å². The van der Waals surface area contributed by atoms with Gasteiger partial charge in [-0.05, 0) is 0 Å². The van der Waals surface area contributed by atoms with Crippen molar-refractivity contribution in [3.05, 3.63) is 0 Å². The number of aliphatic carboxylic acids is 1. The minimum Gasteiger partial charge on any atom is -0.477 e. The van der Waals surface area contributed by atoms with E-state index in [1.807, 2.05) is 0 Å². The zero-order valence-electron chi connectivity index (χ0n) is 10.9. The molecule has 120 valence electrons. The van der Waals surface area contributed by atoms with Crippen LogP contribution in [0, 0.1) is 0 Å². The number of rotatable bonds is 4. The number of ether oxygens (including phenoxy) is 2. The maximum Gasteiger partial charge on any atom is 0.364 e. The summed E-state index contributed by atoms with van der Waals surface area (Å²) in [5.41, 5.74) is 0. The Balaban J connectivity index is 2.26. The maximum absolute atomic E-state index is 11.3. The molecule has 6 atom stereocenters. The maximum atomic E-state index is 11.3. The van der Waals surface area contributed by atoms with Crippen LogP contribution < -0.4 is 5.32 Å². The highest BCUT2D eigenvalue weighted by Crippen LogP contribution is 2.36. The van der Waals surface area contributed by atoms with E-state index in [9.17, 15) is 19.8 Å². The number of amides is 1. The number of aliphatic hydroxyl groups excluding tert-OH is 3. The Morgan fingerprint density at radius 2 is 2.00 bits per heavy atom. The third-order valence-electron chi connectivity index (χ3n) is 3.62. The Labute approximate surface area is 118 Å². The van der Waals surface area contributed by atoms with Crippen LogP contribution in [0.1, 0.15) is 6.42 Å². The van der Waals surface area contributed by atoms with Crippen molar-refractivity contribution in [3.8, 4) is 0 Å². The fourth-order valence-corrected chi connectivity index (χ4v) is 2.58. The first kappa shape index (κ1) is 16.1. The van der Waals surface area contributed by atoms with E-state index in [-0.39, 0.29) is 0 Å². The quantitative estimate of drug-likeness (QED) is 0.305. The third-order valence-corrected chi connectivity index (χ3v) is 3.62. The molecule has 10 heteroatoms. The average molecular weight is 307 g/mol. The van der Waals surface area contributed by atoms with Gasteiger partial charge in [0.1, 0.15) is 24.9 Å². The molecule has 0 aliphatic carbocycles. The second-order valence-electron chi connectivity index (χ2n) is 5.01. The van der Waals surface area contributed by atoms with E-state index in [1.54, 1.807) is 0 Å². The second-order valence-corrected chi connectivity index (χ2v) is 5.01. The number of nitrogens with one attached hydrogen (secondary N) is 1. The lowest BCUT2D eigenvalue weighted by Gasteiger charge is -2.51. The van der Waals surface area contributed by atoms with Crippen molar-refractivity contribution >= 4 is 11.9 Å². The summed E-state index contributed by atoms with van der Waals surface area (Å²) in [6.45, 7) is -1.34. The first-order valence-corrected chi connectivity index (χ1v) is 6.30. The molecule has 2 rings (SSSR count). The molecule has 2 aliphatic rings. The van der Waals surface area contributed by atoms with Gasteiger partial charge in [0, 0.05) is 6.42 Å². The first-order chi connectivity index (χ1) is 9.82. The molecule has 2 aliphatic heterocycles. The van der Waals surface area contributed by atoms with Crippen LogP contribution in [0.4, 0.5) is 0 Å². The molecule has 0 aromatic heterocycles. The predicted octanol–water partition coefficient (Wildman–Crippen LogP) is -3.85. The number of fused-ring (bicyclic) bond motifs is 2. The van der Waals surface area contributed by atoms with Gasteiger partial charge in [-0.3, -0.25) is 4.79 Å². The largest absolute Gasteiger partial charge is 0.477 e. The van der Waals surface area contributed by atoms with Crippen LogP contribution in [0.5, 0.6) is 0 Å². The first-order valence-electron chi connectivity index (χ1n) is 6.30. The summed E-state index contributed by atoms with van der Waals surface area (Å²) in [6, 6.07) is -0.956. The molecule has 0 aromatic carbocycles. The summed E-state index contributed by atoms with van der Waals surface area (Å²) in [6.07, 6.45) is -5.28. The van der Waals surface area contributed by atoms with Crippen LogP contribution in [-0.4, -0.2) is 86.9 Å². The zero-order valence-corrected chi connectivity index (χ0v) is 10.9. The Kier molecular flexibility index (Phi) is 4.46. The van der Waals surface area contributed by atoms with Crippen LogP contribution in [-0.2, 0) is 19.1 Å². The predicted molar refractivity (Wildman–Crippen MR) is 62.8 cm³/mol. The molecule has 1 unspecified atom stereocenters. The number of aliphatic hydroxyl groups is 4. The van der Waals surface area contributed by atoms with Gasteiger partial charge in [-0.15, -0.1) is 0 Å². The molecular weight excluding hydrogens is 290 g/mol. The monoisotopic (exact) mass is 307 g/mol. The van der Waals surface area contributed by atoms with Crippen LogP contribution in [0.15, 0.2) is 0 Å². The van der Waals surface area contributed by atoms with Crippen molar-refractivity contribution in [2.75, 3.05) is 13.2 Å². The Hall–Kier alpha value is -1.30. The minimum atomic E-state index is -2.56. The third kappa shape index (κ3) is 2.86. The summed E-state index contributed by atoms with van der Waals surface area (Å²) in [4.78, 5) is 22.3. The van der Waals surface area contributed by atoms with Gasteiger partial charge in [0.25, 0.3) is 5.79 Å². The lowest BCUT2D eigenvalue weighted by Crippen LogP contribution is -2.72. The van der Waals surface area contributed by atoms with Crippen molar-refractivity contribution in [1.82, 2.24) is 5.32 Å². The number of carboxylic acid groups (broad SMARTS) is 1. The SMILES string of the molecule is O=C(CO)N[C@H]1[C@H]2OC(O)(C(=O)O)C[C@@H]1O[C@H](CO)[C@H]2O. The molecule has 21 heavy (non-hydrogen) atoms. The minimum absolute atomic E-state index is 0.502. The van der Waals surface area contributed by atoms with Gasteiger partial charge in [0.05, 0.1) is 18.8 Å². The summed E-state index contributed by atoms with van der Waals surface area (Å²) in [7, 11) is 0. The Morgan fingerprint density at radius 1 is 1.33 bits per heavy atom. The molecule has 0 saturated carbocycles. The molecule has 6 N–H and O–H groups in total. The number of hydrogen-bond acceptors (Lipinski definition) is 8. The van der Waals surface area contributed by atoms with Crippen molar-refractivity contribution < 1.29 is 44.6 Å². The lowest BCUT2D eigenvalue weighted by atomic mass is 9.85. The van der Waals surface area contributed by atoms with E-state index in [1.165, 1.54) is 0 Å². The van der Waals surface area contributed by atoms with Crippen molar-refractivity contribution in [2.24, 2.45) is 0 Å². The topological polar surface area (TPSA) is 166 Å². The van der Waals surface area contributed by atoms with Crippen molar-refractivity contribution in [1.29, 1.82) is 0 Å². The Bertz CT molecular complexity index is 430. The van der Waals surface area contributed by atoms with Gasteiger partial charge in [-0.1, -0.05) is 0 Å². The van der Waals surface area contributed by atoms with Gasteiger partial charge in [0.15, 0.2) is 0 Å². The second kappa shape index (κ2) is 5.83. The van der Waals surface area contributed by atoms with Gasteiger partial charge in [0.2, 0.25) is 5.91 Å². The van der Waals surface area contributed by atoms with E-state index in [0.717, 1.165) is 0 Å². The fraction of sp³-hybridized carbons (Fsp3) is 0.818. The summed E-state index contributed by atoms with van der Waals surface area (Å²) in [5.74, 6) is -4.97. The molecule has 10 nitrogen and oxygen atoms in total. The molecule has 2 fully saturated rings. The lowest BCUT2D eigenvalue weighted by molar-refractivity contribution is -0.330.